The molecule has 0 radical (unpaired) electrons. The van der Waals surface area contributed by atoms with E-state index in [2.05, 4.69) is 15.0 Å². The lowest BCUT2D eigenvalue weighted by atomic mass is 10.2. The number of nitrogens with zero attached hydrogens (tertiary/aromatic N) is 2. The number of aromatic nitrogens is 4. The van der Waals surface area contributed by atoms with E-state index in [-0.39, 0.29) is 11.6 Å². The van der Waals surface area contributed by atoms with Gasteiger partial charge in [-0.25, -0.2) is 14.3 Å². The fourth-order valence-electron chi connectivity index (χ4n) is 2.12. The molecule has 0 aliphatic carbocycles. The van der Waals surface area contributed by atoms with Crippen LogP contribution < -0.4 is 5.69 Å². The lowest BCUT2D eigenvalue weighted by molar-refractivity contribution is 0.796. The van der Waals surface area contributed by atoms with Crippen LogP contribution >= 0.6 is 23.8 Å². The van der Waals surface area contributed by atoms with Crippen LogP contribution in [0.5, 0.6) is 0 Å². The molecule has 0 saturated carbocycles. The molecule has 5 nitrogen and oxygen atoms in total. The Morgan fingerprint density at radius 3 is 2.52 bits per heavy atom. The maximum Gasteiger partial charge on any atom is 0.332 e. The Balaban J connectivity index is 2.38. The highest BCUT2D eigenvalue weighted by molar-refractivity contribution is 7.71. The normalized spacial score (nSPS) is 11.4. The van der Waals surface area contributed by atoms with Gasteiger partial charge < -0.3 is 4.98 Å². The van der Waals surface area contributed by atoms with Crippen molar-refractivity contribution in [3.63, 3.8) is 0 Å². The quantitative estimate of drug-likeness (QED) is 0.710. The molecule has 0 atom stereocenters. The van der Waals surface area contributed by atoms with E-state index >= 15 is 0 Å². The summed E-state index contributed by atoms with van der Waals surface area (Å²) in [5.74, 6) is 0.999. The number of nitrogens with one attached hydrogen (secondary N) is 2. The van der Waals surface area contributed by atoms with E-state index in [1.807, 2.05) is 13.8 Å². The summed E-state index contributed by atoms with van der Waals surface area (Å²) in [6.07, 6.45) is 0. The number of imidazole rings is 1. The monoisotopic (exact) mass is 320 g/mol. The molecule has 0 unspecified atom stereocenters. The first-order chi connectivity index (χ1) is 9.97. The third-order valence-electron chi connectivity index (χ3n) is 3.20. The van der Waals surface area contributed by atoms with E-state index in [1.54, 1.807) is 24.3 Å². The highest BCUT2D eigenvalue weighted by atomic mass is 35.5. The summed E-state index contributed by atoms with van der Waals surface area (Å²) in [6, 6.07) is 6.99. The second kappa shape index (κ2) is 5.13. The topological polar surface area (TPSA) is 66.5 Å². The van der Waals surface area contributed by atoms with Gasteiger partial charge in [-0.05, 0) is 24.3 Å². The number of hydrogen-bond donors (Lipinski definition) is 2. The number of aromatic amines is 2. The van der Waals surface area contributed by atoms with Crippen molar-refractivity contribution in [3.05, 3.63) is 50.2 Å². The zero-order valence-electron chi connectivity index (χ0n) is 11.5. The van der Waals surface area contributed by atoms with Crippen LogP contribution in [0.3, 0.4) is 0 Å². The molecular formula is C14H13ClN4OS. The van der Waals surface area contributed by atoms with Crippen LogP contribution in [0.25, 0.3) is 16.9 Å². The fourth-order valence-corrected chi connectivity index (χ4v) is 2.47. The number of fused-ring (bicyclic) bond motifs is 1. The Bertz CT molecular complexity index is 921. The molecule has 7 heteroatoms. The number of H-pyrrole nitrogens is 2. The Morgan fingerprint density at radius 1 is 1.24 bits per heavy atom. The molecule has 2 N–H and O–H groups in total. The summed E-state index contributed by atoms with van der Waals surface area (Å²) in [5, 5.41) is 0.608. The molecule has 0 aliphatic rings. The predicted molar refractivity (Wildman–Crippen MR) is 86.0 cm³/mol. The molecule has 0 bridgehead atoms. The van der Waals surface area contributed by atoms with Crippen molar-refractivity contribution in [2.24, 2.45) is 0 Å². The van der Waals surface area contributed by atoms with E-state index in [0.717, 1.165) is 5.82 Å². The maximum atomic E-state index is 12.3. The molecule has 2 aromatic heterocycles. The molecule has 0 amide bonds. The average molecular weight is 321 g/mol. The van der Waals surface area contributed by atoms with Crippen LogP contribution in [0.4, 0.5) is 0 Å². The second-order valence-corrected chi connectivity index (χ2v) is 5.89. The largest absolute Gasteiger partial charge is 0.338 e. The van der Waals surface area contributed by atoms with Gasteiger partial charge in [-0.3, -0.25) is 4.98 Å². The first-order valence-electron chi connectivity index (χ1n) is 6.48. The zero-order valence-corrected chi connectivity index (χ0v) is 13.0. The van der Waals surface area contributed by atoms with Gasteiger partial charge in [0.05, 0.1) is 5.69 Å². The van der Waals surface area contributed by atoms with E-state index in [0.29, 0.717) is 26.5 Å². The van der Waals surface area contributed by atoms with E-state index in [9.17, 15) is 4.79 Å². The first kappa shape index (κ1) is 14.0. The molecule has 0 spiro atoms. The molecule has 3 rings (SSSR count). The van der Waals surface area contributed by atoms with Gasteiger partial charge in [0, 0.05) is 10.9 Å². The van der Waals surface area contributed by atoms with Crippen molar-refractivity contribution in [3.8, 4) is 5.69 Å². The standard InChI is InChI=1S/C14H13ClN4OS/c1-7(2)11-16-10-12(17-11)19(14(20)18-13(10)21)9-5-3-8(15)4-6-9/h3-7H,1-2H3,(H,16,17)(H,18,20,21). The van der Waals surface area contributed by atoms with Crippen LogP contribution in [0.2, 0.25) is 5.02 Å². The van der Waals surface area contributed by atoms with Crippen LogP contribution in [0, 0.1) is 4.64 Å². The van der Waals surface area contributed by atoms with Crippen molar-refractivity contribution in [2.45, 2.75) is 19.8 Å². The molecule has 1 aromatic carbocycles. The van der Waals surface area contributed by atoms with Gasteiger partial charge in [0.15, 0.2) is 5.65 Å². The molecule has 21 heavy (non-hydrogen) atoms. The summed E-state index contributed by atoms with van der Waals surface area (Å²) in [5.41, 5.74) is 1.54. The minimum atomic E-state index is -0.323. The minimum Gasteiger partial charge on any atom is -0.338 e. The van der Waals surface area contributed by atoms with Gasteiger partial charge in [-0.1, -0.05) is 37.7 Å². The smallest absolute Gasteiger partial charge is 0.332 e. The average Bonchev–Trinajstić information content (AvgIpc) is 2.86. The van der Waals surface area contributed by atoms with Crippen molar-refractivity contribution in [1.82, 2.24) is 19.5 Å². The van der Waals surface area contributed by atoms with Gasteiger partial charge >= 0.3 is 5.69 Å². The summed E-state index contributed by atoms with van der Waals surface area (Å²) < 4.78 is 1.85. The minimum absolute atomic E-state index is 0.209. The maximum absolute atomic E-state index is 12.3. The summed E-state index contributed by atoms with van der Waals surface area (Å²) in [6.45, 7) is 4.05. The van der Waals surface area contributed by atoms with Gasteiger partial charge in [0.1, 0.15) is 16.0 Å². The summed E-state index contributed by atoms with van der Waals surface area (Å²) in [7, 11) is 0. The SMILES string of the molecule is CC(C)c1nc2c([nH]1)c(=S)[nH]c(=O)n2-c1ccc(Cl)cc1. The lowest BCUT2D eigenvalue weighted by Gasteiger charge is -2.06. The van der Waals surface area contributed by atoms with Crippen LogP contribution in [-0.4, -0.2) is 19.5 Å². The zero-order chi connectivity index (χ0) is 15.1. The molecule has 0 aliphatic heterocycles. The fraction of sp³-hybridized carbons (Fsp3) is 0.214. The highest BCUT2D eigenvalue weighted by Crippen LogP contribution is 2.19. The third-order valence-corrected chi connectivity index (χ3v) is 3.76. The Hall–Kier alpha value is -1.92. The molecule has 3 aromatic rings. The molecule has 0 saturated heterocycles. The van der Waals surface area contributed by atoms with E-state index in [4.69, 9.17) is 23.8 Å². The Morgan fingerprint density at radius 2 is 1.90 bits per heavy atom. The number of benzene rings is 1. The summed E-state index contributed by atoms with van der Waals surface area (Å²) >= 11 is 11.1. The van der Waals surface area contributed by atoms with Gasteiger partial charge in [0.25, 0.3) is 0 Å². The predicted octanol–water partition coefficient (Wildman–Crippen LogP) is 3.55. The highest BCUT2D eigenvalue weighted by Gasteiger charge is 2.14. The third kappa shape index (κ3) is 2.41. The van der Waals surface area contributed by atoms with E-state index < -0.39 is 0 Å². The van der Waals surface area contributed by atoms with Gasteiger partial charge in [-0.15, -0.1) is 0 Å². The van der Waals surface area contributed by atoms with Crippen molar-refractivity contribution in [2.75, 3.05) is 0 Å². The van der Waals surface area contributed by atoms with Crippen molar-refractivity contribution in [1.29, 1.82) is 0 Å². The molecule has 0 fully saturated rings. The number of rotatable bonds is 2. The number of hydrogen-bond acceptors (Lipinski definition) is 3. The Labute approximate surface area is 130 Å². The van der Waals surface area contributed by atoms with Crippen LogP contribution in [0.15, 0.2) is 29.1 Å². The Kier molecular flexibility index (Phi) is 3.43. The lowest BCUT2D eigenvalue weighted by Crippen LogP contribution is -2.22. The second-order valence-electron chi connectivity index (χ2n) is 5.05. The summed E-state index contributed by atoms with van der Waals surface area (Å²) in [4.78, 5) is 22.6. The van der Waals surface area contributed by atoms with Crippen molar-refractivity contribution >= 4 is 35.0 Å². The number of halogens is 1. The van der Waals surface area contributed by atoms with Gasteiger partial charge in [-0.2, -0.15) is 0 Å². The molecule has 2 heterocycles. The van der Waals surface area contributed by atoms with Crippen LogP contribution in [-0.2, 0) is 0 Å². The van der Waals surface area contributed by atoms with Crippen molar-refractivity contribution < 1.29 is 0 Å². The van der Waals surface area contributed by atoms with E-state index in [1.165, 1.54) is 4.57 Å². The van der Waals surface area contributed by atoms with Gasteiger partial charge in [0.2, 0.25) is 0 Å². The van der Waals surface area contributed by atoms with Crippen LogP contribution in [0.1, 0.15) is 25.6 Å². The molecule has 108 valence electrons. The first-order valence-corrected chi connectivity index (χ1v) is 7.27. The molecular weight excluding hydrogens is 308 g/mol.